The van der Waals surface area contributed by atoms with Crippen LogP contribution in [0.4, 0.5) is 5.69 Å². The number of sulfonamides is 1. The average molecular weight is 316 g/mol. The molecule has 1 aromatic carbocycles. The molecule has 0 amide bonds. The normalized spacial score (nSPS) is 11.1. The molecule has 1 aromatic rings. The highest BCUT2D eigenvalue weighted by Crippen LogP contribution is 2.13. The summed E-state index contributed by atoms with van der Waals surface area (Å²) in [6, 6.07) is 6.85. The second kappa shape index (κ2) is 8.48. The summed E-state index contributed by atoms with van der Waals surface area (Å²) in [5.41, 5.74) is 6.16. The Hall–Kier alpha value is -1.80. The Balaban J connectivity index is 2.26. The predicted octanol–water partition coefficient (Wildman–Crippen LogP) is 0.520. The van der Waals surface area contributed by atoms with Gasteiger partial charge < -0.3 is 15.2 Å². The van der Waals surface area contributed by atoms with E-state index in [-0.39, 0.29) is 31.9 Å². The van der Waals surface area contributed by atoms with Crippen molar-refractivity contribution >= 4 is 21.7 Å². The number of nitrogen functional groups attached to an aromatic ring is 1. The topological polar surface area (TPSA) is 108 Å². The Kier molecular flexibility index (Phi) is 6.97. The van der Waals surface area contributed by atoms with Gasteiger partial charge in [0.1, 0.15) is 12.4 Å². The van der Waals surface area contributed by atoms with Crippen molar-refractivity contribution in [2.75, 3.05) is 31.2 Å². The van der Waals surface area contributed by atoms with Crippen LogP contribution >= 0.6 is 0 Å². The van der Waals surface area contributed by atoms with Gasteiger partial charge in [0.25, 0.3) is 0 Å². The molecule has 0 atom stereocenters. The number of nitrogens with two attached hydrogens (primary N) is 1. The summed E-state index contributed by atoms with van der Waals surface area (Å²) >= 11 is 0. The fourth-order valence-corrected chi connectivity index (χ4v) is 2.47. The molecule has 3 N–H and O–H groups in total. The first-order valence-corrected chi connectivity index (χ1v) is 8.19. The van der Waals surface area contributed by atoms with E-state index in [9.17, 15) is 13.2 Å². The van der Waals surface area contributed by atoms with E-state index in [2.05, 4.69) is 9.46 Å². The number of benzene rings is 1. The van der Waals surface area contributed by atoms with Crippen LogP contribution in [-0.2, 0) is 19.6 Å². The number of hydrogen-bond donors (Lipinski definition) is 2. The van der Waals surface area contributed by atoms with Crippen molar-refractivity contribution in [2.45, 2.75) is 13.3 Å². The van der Waals surface area contributed by atoms with Crippen molar-refractivity contribution in [3.05, 3.63) is 24.3 Å². The van der Waals surface area contributed by atoms with Crippen molar-refractivity contribution < 1.29 is 22.7 Å². The molecule has 0 radical (unpaired) electrons. The summed E-state index contributed by atoms with van der Waals surface area (Å²) in [5, 5.41) is 0. The zero-order valence-corrected chi connectivity index (χ0v) is 12.7. The average Bonchev–Trinajstić information content (AvgIpc) is 2.42. The van der Waals surface area contributed by atoms with Gasteiger partial charge in [-0.05, 0) is 19.1 Å². The molecule has 0 fully saturated rings. The third-order valence-electron chi connectivity index (χ3n) is 2.43. The standard InChI is InChI=1S/C13H20N2O5S/c1-2-19-13(16)6-9-21(17,18)15-7-8-20-12-5-3-4-11(14)10-12/h3-5,10,15H,2,6-9,14H2,1H3. The molecule has 7 nitrogen and oxygen atoms in total. The van der Waals surface area contributed by atoms with E-state index in [1.807, 2.05) is 0 Å². The Labute approximate surface area is 124 Å². The maximum absolute atomic E-state index is 11.6. The molecule has 21 heavy (non-hydrogen) atoms. The second-order valence-electron chi connectivity index (χ2n) is 4.19. The highest BCUT2D eigenvalue weighted by atomic mass is 32.2. The van der Waals surface area contributed by atoms with Crippen LogP contribution in [0.1, 0.15) is 13.3 Å². The van der Waals surface area contributed by atoms with Gasteiger partial charge in [0.05, 0.1) is 18.8 Å². The summed E-state index contributed by atoms with van der Waals surface area (Å²) in [5.74, 6) is -0.260. The van der Waals surface area contributed by atoms with Crippen molar-refractivity contribution in [1.29, 1.82) is 0 Å². The number of carbonyl (C=O) groups excluding carboxylic acids is 1. The lowest BCUT2D eigenvalue weighted by Crippen LogP contribution is -2.31. The van der Waals surface area contributed by atoms with E-state index in [1.165, 1.54) is 0 Å². The third kappa shape index (κ3) is 7.52. The van der Waals surface area contributed by atoms with E-state index >= 15 is 0 Å². The first kappa shape index (κ1) is 17.3. The van der Waals surface area contributed by atoms with Crippen LogP contribution in [0.2, 0.25) is 0 Å². The number of carbonyl (C=O) groups is 1. The summed E-state index contributed by atoms with van der Waals surface area (Å²) < 4.78 is 35.6. The lowest BCUT2D eigenvalue weighted by atomic mass is 10.3. The zero-order valence-electron chi connectivity index (χ0n) is 11.9. The fraction of sp³-hybridized carbons (Fsp3) is 0.462. The number of nitrogens with one attached hydrogen (secondary N) is 1. The Morgan fingerprint density at radius 1 is 1.38 bits per heavy atom. The SMILES string of the molecule is CCOC(=O)CCS(=O)(=O)NCCOc1cccc(N)c1. The first-order chi connectivity index (χ1) is 9.93. The van der Waals surface area contributed by atoms with E-state index < -0.39 is 16.0 Å². The maximum atomic E-state index is 11.6. The molecule has 0 aromatic heterocycles. The summed E-state index contributed by atoms with van der Waals surface area (Å²) in [6.45, 7) is 2.18. The smallest absolute Gasteiger partial charge is 0.306 e. The number of rotatable bonds is 9. The number of hydrogen-bond acceptors (Lipinski definition) is 6. The largest absolute Gasteiger partial charge is 0.492 e. The minimum absolute atomic E-state index is 0.111. The lowest BCUT2D eigenvalue weighted by molar-refractivity contribution is -0.142. The molecule has 0 spiro atoms. The van der Waals surface area contributed by atoms with Crippen LogP contribution in [0.15, 0.2) is 24.3 Å². The van der Waals surface area contributed by atoms with Gasteiger partial charge in [-0.15, -0.1) is 0 Å². The van der Waals surface area contributed by atoms with Crippen LogP contribution in [0, 0.1) is 0 Å². The van der Waals surface area contributed by atoms with Crippen molar-refractivity contribution in [1.82, 2.24) is 4.72 Å². The quantitative estimate of drug-likeness (QED) is 0.391. The molecule has 0 aliphatic rings. The maximum Gasteiger partial charge on any atom is 0.306 e. The van der Waals surface area contributed by atoms with Crippen LogP contribution in [-0.4, -0.2) is 39.9 Å². The number of anilines is 1. The minimum atomic E-state index is -3.51. The monoisotopic (exact) mass is 316 g/mol. The van der Waals surface area contributed by atoms with Gasteiger partial charge in [0.2, 0.25) is 10.0 Å². The second-order valence-corrected chi connectivity index (χ2v) is 6.12. The molecule has 0 heterocycles. The summed E-state index contributed by atoms with van der Waals surface area (Å²) in [4.78, 5) is 11.1. The lowest BCUT2D eigenvalue weighted by Gasteiger charge is -2.08. The minimum Gasteiger partial charge on any atom is -0.492 e. The van der Waals surface area contributed by atoms with Gasteiger partial charge in [0.15, 0.2) is 0 Å². The zero-order chi connectivity index (χ0) is 15.7. The van der Waals surface area contributed by atoms with Gasteiger partial charge in [0, 0.05) is 18.3 Å². The number of esters is 1. The molecule has 0 bridgehead atoms. The van der Waals surface area contributed by atoms with Crippen molar-refractivity contribution in [3.63, 3.8) is 0 Å². The molecular weight excluding hydrogens is 296 g/mol. The number of ether oxygens (including phenoxy) is 2. The third-order valence-corrected chi connectivity index (χ3v) is 3.82. The van der Waals surface area contributed by atoms with Crippen LogP contribution < -0.4 is 15.2 Å². The van der Waals surface area contributed by atoms with E-state index in [0.717, 1.165) is 0 Å². The van der Waals surface area contributed by atoms with Gasteiger partial charge in [-0.2, -0.15) is 0 Å². The molecular formula is C13H20N2O5S. The molecule has 0 aliphatic heterocycles. The summed E-state index contributed by atoms with van der Waals surface area (Å²) in [6.07, 6.45) is -0.167. The van der Waals surface area contributed by atoms with Gasteiger partial charge in [-0.1, -0.05) is 6.07 Å². The van der Waals surface area contributed by atoms with Crippen LogP contribution in [0.3, 0.4) is 0 Å². The molecule has 1 rings (SSSR count). The molecule has 0 saturated carbocycles. The molecule has 0 aliphatic carbocycles. The van der Waals surface area contributed by atoms with Gasteiger partial charge in [-0.25, -0.2) is 13.1 Å². The van der Waals surface area contributed by atoms with Gasteiger partial charge in [-0.3, -0.25) is 4.79 Å². The Bertz CT molecular complexity index is 559. The molecule has 0 saturated heterocycles. The first-order valence-electron chi connectivity index (χ1n) is 6.54. The van der Waals surface area contributed by atoms with E-state index in [4.69, 9.17) is 10.5 Å². The molecule has 8 heteroatoms. The van der Waals surface area contributed by atoms with Gasteiger partial charge >= 0.3 is 5.97 Å². The van der Waals surface area contributed by atoms with Crippen molar-refractivity contribution in [2.24, 2.45) is 0 Å². The summed E-state index contributed by atoms with van der Waals surface area (Å²) in [7, 11) is -3.51. The van der Waals surface area contributed by atoms with E-state index in [0.29, 0.717) is 11.4 Å². The highest BCUT2D eigenvalue weighted by molar-refractivity contribution is 7.89. The fourth-order valence-electron chi connectivity index (χ4n) is 1.49. The Morgan fingerprint density at radius 3 is 2.81 bits per heavy atom. The van der Waals surface area contributed by atoms with Crippen LogP contribution in [0.5, 0.6) is 5.75 Å². The molecule has 118 valence electrons. The highest BCUT2D eigenvalue weighted by Gasteiger charge is 2.13. The predicted molar refractivity (Wildman–Crippen MR) is 79.4 cm³/mol. The van der Waals surface area contributed by atoms with E-state index in [1.54, 1.807) is 31.2 Å². The molecule has 0 unspecified atom stereocenters. The van der Waals surface area contributed by atoms with Crippen molar-refractivity contribution in [3.8, 4) is 5.75 Å². The Morgan fingerprint density at radius 2 is 2.14 bits per heavy atom. The van der Waals surface area contributed by atoms with Crippen LogP contribution in [0.25, 0.3) is 0 Å².